The van der Waals surface area contributed by atoms with E-state index in [-0.39, 0.29) is 24.9 Å². The summed E-state index contributed by atoms with van der Waals surface area (Å²) in [7, 11) is 0. The van der Waals surface area contributed by atoms with Gasteiger partial charge in [-0.3, -0.25) is 9.59 Å². The fourth-order valence-electron chi connectivity index (χ4n) is 6.17. The maximum absolute atomic E-state index is 13.1. The zero-order valence-corrected chi connectivity index (χ0v) is 36.4. The predicted molar refractivity (Wildman–Crippen MR) is 245 cm³/mol. The second-order valence-corrected chi connectivity index (χ2v) is 14.9. The van der Waals surface area contributed by atoms with Crippen molar-refractivity contribution in [3.63, 3.8) is 0 Å². The van der Waals surface area contributed by atoms with E-state index in [1.807, 2.05) is 79.0 Å². The predicted octanol–water partition coefficient (Wildman–Crippen LogP) is 13.2. The lowest BCUT2D eigenvalue weighted by molar-refractivity contribution is -0.151. The van der Waals surface area contributed by atoms with Gasteiger partial charge in [0.05, 0.1) is 25.2 Å². The third-order valence-electron chi connectivity index (χ3n) is 9.57. The van der Waals surface area contributed by atoms with Crippen LogP contribution in [-0.4, -0.2) is 46.9 Å². The van der Waals surface area contributed by atoms with Crippen molar-refractivity contribution in [2.45, 2.75) is 193 Å². The molecule has 0 aromatic rings. The molecule has 1 amide bonds. The lowest BCUT2D eigenvalue weighted by Crippen LogP contribution is -2.46. The number of amides is 1. The van der Waals surface area contributed by atoms with Crippen LogP contribution in [0, 0.1) is 0 Å². The molecule has 0 saturated heterocycles. The van der Waals surface area contributed by atoms with Gasteiger partial charge in [-0.15, -0.1) is 0 Å². The number of allylic oxidation sites excluding steroid dienone is 18. The van der Waals surface area contributed by atoms with Gasteiger partial charge >= 0.3 is 5.97 Å². The van der Waals surface area contributed by atoms with Gasteiger partial charge in [-0.2, -0.15) is 0 Å². The van der Waals surface area contributed by atoms with E-state index >= 15 is 0 Å². The van der Waals surface area contributed by atoms with E-state index in [2.05, 4.69) is 56.5 Å². The summed E-state index contributed by atoms with van der Waals surface area (Å²) in [5, 5.41) is 23.6. The number of carbonyl (C=O) groups excluding carboxylic acids is 2. The normalized spacial score (nSPS) is 14.4. The minimum Gasteiger partial charge on any atom is -0.462 e. The molecule has 0 bridgehead atoms. The SMILES string of the molecule is CC/C=C/C=C/C=C\C=C/C=C/CCCCCC(=O)OC(CCCCC\C=C/C=C/C=C/C=C/CC)CC(=O)NC(CO)C(O)CCCCCCCCCCCC. The van der Waals surface area contributed by atoms with Crippen molar-refractivity contribution >= 4 is 11.9 Å². The highest BCUT2D eigenvalue weighted by atomic mass is 16.5. The molecule has 6 nitrogen and oxygen atoms in total. The number of nitrogens with one attached hydrogen (secondary N) is 1. The molecule has 0 saturated carbocycles. The summed E-state index contributed by atoms with van der Waals surface area (Å²) >= 11 is 0. The quantitative estimate of drug-likeness (QED) is 0.0329. The van der Waals surface area contributed by atoms with Crippen molar-refractivity contribution < 1.29 is 24.5 Å². The molecule has 3 unspecified atom stereocenters. The first-order valence-corrected chi connectivity index (χ1v) is 22.7. The van der Waals surface area contributed by atoms with Crippen LogP contribution in [0.5, 0.6) is 0 Å². The number of rotatable bonds is 38. The Morgan fingerprint density at radius 1 is 0.526 bits per heavy atom. The van der Waals surface area contributed by atoms with Crippen LogP contribution >= 0.6 is 0 Å². The molecule has 0 aliphatic carbocycles. The molecule has 0 aromatic heterocycles. The standard InChI is InChI=1S/C51H83NO5/c1-4-7-10-13-16-19-22-24-25-27-29-32-35-38-41-44-51(56)57-47(42-39-36-33-30-28-26-23-20-17-14-11-8-5-2)45-50(55)52-48(46-53)49(54)43-40-37-34-31-21-18-15-12-9-6-3/h7-8,10-11,13-14,16-17,19-20,22-29,47-49,53-54H,4-6,9,12,15,18,21,30-46H2,1-3H3,(H,52,55)/b10-7+,11-8+,16-13+,17-14+,22-19-,23-20+,25-24-,28-26-,29-27+. The third kappa shape index (κ3) is 39.1. The Kier molecular flexibility index (Phi) is 41.0. The molecule has 0 rings (SSSR count). The van der Waals surface area contributed by atoms with Gasteiger partial charge in [0.25, 0.3) is 0 Å². The van der Waals surface area contributed by atoms with Crippen LogP contribution in [0.4, 0.5) is 0 Å². The number of aliphatic hydroxyl groups is 2. The van der Waals surface area contributed by atoms with Gasteiger partial charge in [-0.25, -0.2) is 0 Å². The van der Waals surface area contributed by atoms with Crippen LogP contribution in [0.3, 0.4) is 0 Å². The lowest BCUT2D eigenvalue weighted by atomic mass is 10.0. The molecular weight excluding hydrogens is 707 g/mol. The fraction of sp³-hybridized carbons (Fsp3) is 0.608. The number of ether oxygens (including phenoxy) is 1. The van der Waals surface area contributed by atoms with E-state index in [9.17, 15) is 19.8 Å². The number of unbranched alkanes of at least 4 members (excludes halogenated alkanes) is 15. The Bertz CT molecular complexity index is 1200. The molecule has 0 aromatic carbocycles. The summed E-state index contributed by atoms with van der Waals surface area (Å²) in [6.07, 6.45) is 58.6. The van der Waals surface area contributed by atoms with E-state index in [0.29, 0.717) is 19.3 Å². The van der Waals surface area contributed by atoms with Gasteiger partial charge in [0.2, 0.25) is 5.91 Å². The number of aliphatic hydroxyl groups excluding tert-OH is 2. The molecule has 322 valence electrons. The summed E-state index contributed by atoms with van der Waals surface area (Å²) in [5.74, 6) is -0.578. The Balaban J connectivity index is 4.80. The molecular formula is C51H83NO5. The van der Waals surface area contributed by atoms with Gasteiger partial charge < -0.3 is 20.3 Å². The molecule has 57 heavy (non-hydrogen) atoms. The van der Waals surface area contributed by atoms with Crippen LogP contribution in [0.1, 0.15) is 175 Å². The maximum atomic E-state index is 13.1. The summed E-state index contributed by atoms with van der Waals surface area (Å²) in [6.45, 7) is 6.14. The monoisotopic (exact) mass is 790 g/mol. The number of hydrogen-bond acceptors (Lipinski definition) is 5. The number of carbonyl (C=O) groups is 2. The molecule has 6 heteroatoms. The Hall–Kier alpha value is -3.48. The molecule has 0 radical (unpaired) electrons. The molecule has 0 fully saturated rings. The summed E-state index contributed by atoms with van der Waals surface area (Å²) in [4.78, 5) is 26.0. The van der Waals surface area contributed by atoms with Gasteiger partial charge in [0, 0.05) is 6.42 Å². The highest BCUT2D eigenvalue weighted by Gasteiger charge is 2.24. The number of esters is 1. The van der Waals surface area contributed by atoms with E-state index in [0.717, 1.165) is 83.5 Å². The zero-order chi connectivity index (χ0) is 41.7. The van der Waals surface area contributed by atoms with Crippen LogP contribution in [0.15, 0.2) is 109 Å². The van der Waals surface area contributed by atoms with Gasteiger partial charge in [0.1, 0.15) is 6.10 Å². The average molecular weight is 790 g/mol. The fourth-order valence-corrected chi connectivity index (χ4v) is 6.17. The first-order valence-electron chi connectivity index (χ1n) is 22.7. The maximum Gasteiger partial charge on any atom is 0.306 e. The van der Waals surface area contributed by atoms with Crippen molar-refractivity contribution in [1.82, 2.24) is 5.32 Å². The summed E-state index contributed by atoms with van der Waals surface area (Å²) in [6, 6.07) is -0.729. The van der Waals surface area contributed by atoms with Crippen molar-refractivity contribution in [3.8, 4) is 0 Å². The minimum atomic E-state index is -0.811. The average Bonchev–Trinajstić information content (AvgIpc) is 3.20. The second-order valence-electron chi connectivity index (χ2n) is 14.9. The Morgan fingerprint density at radius 3 is 1.44 bits per heavy atom. The summed E-state index contributed by atoms with van der Waals surface area (Å²) < 4.78 is 5.86. The van der Waals surface area contributed by atoms with Gasteiger partial charge in [0.15, 0.2) is 0 Å². The van der Waals surface area contributed by atoms with Crippen LogP contribution < -0.4 is 5.32 Å². The first kappa shape index (κ1) is 53.5. The second kappa shape index (κ2) is 43.6. The van der Waals surface area contributed by atoms with E-state index in [1.165, 1.54) is 44.9 Å². The molecule has 0 heterocycles. The largest absolute Gasteiger partial charge is 0.462 e. The van der Waals surface area contributed by atoms with Crippen molar-refractivity contribution in [2.75, 3.05) is 6.61 Å². The van der Waals surface area contributed by atoms with Gasteiger partial charge in [-0.05, 0) is 64.2 Å². The third-order valence-corrected chi connectivity index (χ3v) is 9.57. The Labute approximate surface area is 349 Å². The van der Waals surface area contributed by atoms with Crippen LogP contribution in [0.2, 0.25) is 0 Å². The zero-order valence-electron chi connectivity index (χ0n) is 36.4. The minimum absolute atomic E-state index is 0.0264. The topological polar surface area (TPSA) is 95.9 Å². The van der Waals surface area contributed by atoms with E-state index in [1.54, 1.807) is 0 Å². The van der Waals surface area contributed by atoms with Crippen molar-refractivity contribution in [2.24, 2.45) is 0 Å². The van der Waals surface area contributed by atoms with Crippen molar-refractivity contribution in [1.29, 1.82) is 0 Å². The molecule has 3 N–H and O–H groups in total. The van der Waals surface area contributed by atoms with Gasteiger partial charge in [-0.1, -0.05) is 207 Å². The highest BCUT2D eigenvalue weighted by molar-refractivity contribution is 5.77. The molecule has 0 spiro atoms. The Morgan fingerprint density at radius 2 is 0.947 bits per heavy atom. The van der Waals surface area contributed by atoms with Crippen LogP contribution in [0.25, 0.3) is 0 Å². The number of hydrogen-bond donors (Lipinski definition) is 3. The van der Waals surface area contributed by atoms with E-state index in [4.69, 9.17) is 4.74 Å². The highest BCUT2D eigenvalue weighted by Crippen LogP contribution is 2.16. The molecule has 0 aliphatic heterocycles. The smallest absolute Gasteiger partial charge is 0.306 e. The first-order chi connectivity index (χ1) is 28.0. The molecule has 3 atom stereocenters. The molecule has 0 aliphatic rings. The lowest BCUT2D eigenvalue weighted by Gasteiger charge is -2.24. The van der Waals surface area contributed by atoms with E-state index < -0.39 is 18.2 Å². The summed E-state index contributed by atoms with van der Waals surface area (Å²) in [5.41, 5.74) is 0. The van der Waals surface area contributed by atoms with Crippen LogP contribution in [-0.2, 0) is 14.3 Å². The van der Waals surface area contributed by atoms with Crippen molar-refractivity contribution in [3.05, 3.63) is 109 Å².